The summed E-state index contributed by atoms with van der Waals surface area (Å²) in [5, 5.41) is 90.2. The average Bonchev–Trinajstić information content (AvgIpc) is 3.96. The van der Waals surface area contributed by atoms with E-state index in [0.29, 0.717) is 55.2 Å². The van der Waals surface area contributed by atoms with Crippen LogP contribution in [0.25, 0.3) is 104 Å². The third-order valence-electron chi connectivity index (χ3n) is 10.7. The van der Waals surface area contributed by atoms with Crippen molar-refractivity contribution in [2.24, 2.45) is 0 Å². The van der Waals surface area contributed by atoms with E-state index in [1.807, 2.05) is 97.1 Å². The molecule has 286 valence electrons. The quantitative estimate of drug-likeness (QED) is 0.0616. The number of aromatic hydroxyl groups is 8. The van der Waals surface area contributed by atoms with Crippen LogP contribution < -0.4 is 0 Å². The Hall–Kier alpha value is -8.23. The van der Waals surface area contributed by atoms with E-state index in [1.54, 1.807) is 12.1 Å². The van der Waals surface area contributed by atoms with Crippen LogP contribution in [-0.4, -0.2) is 60.4 Å². The third-order valence-corrected chi connectivity index (χ3v) is 11.9. The summed E-state index contributed by atoms with van der Waals surface area (Å²) in [7, 11) is 0. The highest BCUT2D eigenvalue weighted by Gasteiger charge is 2.33. The molecule has 13 nitrogen and oxygen atoms in total. The van der Waals surface area contributed by atoms with E-state index in [4.69, 9.17) is 19.4 Å². The minimum Gasteiger partial charge on any atom is -0.504 e. The number of hydrogen-bond acceptors (Lipinski definition) is 13. The second kappa shape index (κ2) is 12.1. The first-order valence-corrected chi connectivity index (χ1v) is 18.9. The van der Waals surface area contributed by atoms with Crippen molar-refractivity contribution in [1.82, 2.24) is 19.5 Å². The molecule has 0 radical (unpaired) electrons. The smallest absolute Gasteiger partial charge is 0.206 e. The third kappa shape index (κ3) is 4.62. The van der Waals surface area contributed by atoms with Crippen molar-refractivity contribution in [3.8, 4) is 85.8 Å². The Morgan fingerprint density at radius 2 is 0.949 bits per heavy atom. The molecule has 0 atom stereocenters. The average molecular weight is 799 g/mol. The Balaban J connectivity index is 1.26. The standard InChI is InChI=1S/C45H26N4O9S/c50-34-30-31-33(37(53)41(57)39(55)35(31)51)49(32(30)36(52)40(56)38(34)54)24-15-8-18-27-29(24)28-22(13-7-17-26(28)59-27)44-46-43(19-9-2-1-3-10-19)47-45(48-44)23-14-6-12-21-20-11-4-5-16-25(20)58-42(21)23/h1-18,50-57H. The van der Waals surface area contributed by atoms with Gasteiger partial charge >= 0.3 is 0 Å². The molecule has 0 spiro atoms. The number of phenolic OH excluding ortho intramolecular Hbond substituents is 8. The van der Waals surface area contributed by atoms with Gasteiger partial charge in [0, 0.05) is 42.1 Å². The van der Waals surface area contributed by atoms with Crippen LogP contribution in [0.3, 0.4) is 0 Å². The van der Waals surface area contributed by atoms with Gasteiger partial charge in [0.2, 0.25) is 23.0 Å². The molecule has 0 fully saturated rings. The fourth-order valence-electron chi connectivity index (χ4n) is 8.11. The monoisotopic (exact) mass is 798 g/mol. The maximum Gasteiger partial charge on any atom is 0.206 e. The predicted octanol–water partition coefficient (Wildman–Crippen LogP) is 9.88. The molecule has 4 heterocycles. The molecule has 0 aliphatic carbocycles. The topological polar surface area (TPSA) is 219 Å². The summed E-state index contributed by atoms with van der Waals surface area (Å²) in [6.07, 6.45) is 0. The Kier molecular flexibility index (Phi) is 7.00. The second-order valence-electron chi connectivity index (χ2n) is 14.0. The van der Waals surface area contributed by atoms with Gasteiger partial charge in [0.05, 0.1) is 22.0 Å². The van der Waals surface area contributed by atoms with Gasteiger partial charge in [-0.25, -0.2) is 15.0 Å². The zero-order chi connectivity index (χ0) is 40.4. The van der Waals surface area contributed by atoms with Crippen molar-refractivity contribution < 1.29 is 45.3 Å². The molecule has 7 aromatic carbocycles. The second-order valence-corrected chi connectivity index (χ2v) is 15.0. The predicted molar refractivity (Wildman–Crippen MR) is 224 cm³/mol. The molecule has 0 aliphatic heterocycles. The highest BCUT2D eigenvalue weighted by molar-refractivity contribution is 7.26. The lowest BCUT2D eigenvalue weighted by molar-refractivity contribution is 0.350. The van der Waals surface area contributed by atoms with Crippen LogP contribution in [0.1, 0.15) is 0 Å². The molecule has 0 aliphatic rings. The van der Waals surface area contributed by atoms with Crippen molar-refractivity contribution >= 4 is 75.3 Å². The zero-order valence-electron chi connectivity index (χ0n) is 30.1. The normalized spacial score (nSPS) is 11.9. The van der Waals surface area contributed by atoms with E-state index in [0.717, 1.165) is 21.0 Å². The molecule has 0 saturated heterocycles. The maximum atomic E-state index is 11.4. The van der Waals surface area contributed by atoms with Gasteiger partial charge in [0.1, 0.15) is 22.2 Å². The summed E-state index contributed by atoms with van der Waals surface area (Å²) >= 11 is 1.42. The Morgan fingerprint density at radius 3 is 1.64 bits per heavy atom. The summed E-state index contributed by atoms with van der Waals surface area (Å²) in [4.78, 5) is 15.1. The van der Waals surface area contributed by atoms with E-state index >= 15 is 0 Å². The van der Waals surface area contributed by atoms with Gasteiger partial charge in [0.25, 0.3) is 0 Å². The van der Waals surface area contributed by atoms with Gasteiger partial charge in [0.15, 0.2) is 40.5 Å². The number of rotatable bonds is 4. The lowest BCUT2D eigenvalue weighted by Gasteiger charge is -2.14. The van der Waals surface area contributed by atoms with Crippen molar-refractivity contribution in [3.63, 3.8) is 0 Å². The molecule has 14 heteroatoms. The van der Waals surface area contributed by atoms with Crippen molar-refractivity contribution in [2.45, 2.75) is 0 Å². The Bertz CT molecular complexity index is 3540. The molecule has 59 heavy (non-hydrogen) atoms. The molecule has 0 amide bonds. The van der Waals surface area contributed by atoms with Gasteiger partial charge < -0.3 is 49.8 Å². The minimum atomic E-state index is -1.11. The van der Waals surface area contributed by atoms with E-state index in [1.165, 1.54) is 15.9 Å². The van der Waals surface area contributed by atoms with Crippen molar-refractivity contribution in [3.05, 3.63) is 109 Å². The minimum absolute atomic E-state index is 0.241. The highest BCUT2D eigenvalue weighted by atomic mass is 32.1. The summed E-state index contributed by atoms with van der Waals surface area (Å²) in [6.45, 7) is 0. The maximum absolute atomic E-state index is 11.4. The number of hydrogen-bond donors (Lipinski definition) is 8. The van der Waals surface area contributed by atoms with Crippen LogP contribution in [0.2, 0.25) is 0 Å². The number of para-hydroxylation sites is 2. The summed E-state index contributed by atoms with van der Waals surface area (Å²) < 4.78 is 9.12. The summed E-state index contributed by atoms with van der Waals surface area (Å²) in [5.41, 5.74) is 2.78. The number of fused-ring (bicyclic) bond motifs is 9. The van der Waals surface area contributed by atoms with Crippen LogP contribution in [0.5, 0.6) is 46.0 Å². The first kappa shape index (κ1) is 34.1. The SMILES string of the molecule is Oc1c(O)c(O)c2c(c1O)c1c(O)c(O)c(O)c(O)c1n2-c1cccc2sc3cccc(-c4nc(-c5ccccc5)nc(-c5cccc6c5oc5ccccc56)n4)c3c12. The fourth-order valence-corrected chi connectivity index (χ4v) is 9.26. The van der Waals surface area contributed by atoms with Gasteiger partial charge in [-0.05, 0) is 30.3 Å². The number of aromatic nitrogens is 4. The van der Waals surface area contributed by atoms with Crippen LogP contribution in [-0.2, 0) is 0 Å². The van der Waals surface area contributed by atoms with Crippen LogP contribution in [0, 0.1) is 0 Å². The van der Waals surface area contributed by atoms with Gasteiger partial charge in [-0.1, -0.05) is 78.9 Å². The van der Waals surface area contributed by atoms with Gasteiger partial charge in [-0.15, -0.1) is 11.3 Å². The van der Waals surface area contributed by atoms with E-state index in [-0.39, 0.29) is 16.7 Å². The van der Waals surface area contributed by atoms with E-state index in [9.17, 15) is 40.9 Å². The van der Waals surface area contributed by atoms with Crippen LogP contribution in [0.15, 0.2) is 114 Å². The Morgan fingerprint density at radius 1 is 0.424 bits per heavy atom. The van der Waals surface area contributed by atoms with Crippen LogP contribution in [0.4, 0.5) is 0 Å². The largest absolute Gasteiger partial charge is 0.504 e. The number of benzene rings is 7. The lowest BCUT2D eigenvalue weighted by Crippen LogP contribution is -2.01. The first-order valence-electron chi connectivity index (χ1n) is 18.1. The molecule has 0 bridgehead atoms. The molecule has 0 saturated carbocycles. The highest BCUT2D eigenvalue weighted by Crippen LogP contribution is 2.59. The van der Waals surface area contributed by atoms with Gasteiger partial charge in [-0.2, -0.15) is 0 Å². The molecular formula is C45H26N4O9S. The molecule has 0 unspecified atom stereocenters. The molecule has 11 rings (SSSR count). The summed E-state index contributed by atoms with van der Waals surface area (Å²) in [5.74, 6) is -7.12. The zero-order valence-corrected chi connectivity index (χ0v) is 30.9. The van der Waals surface area contributed by atoms with Crippen LogP contribution >= 0.6 is 11.3 Å². The Labute approximate surface area is 334 Å². The van der Waals surface area contributed by atoms with Crippen molar-refractivity contribution in [2.75, 3.05) is 0 Å². The van der Waals surface area contributed by atoms with E-state index < -0.39 is 56.8 Å². The fraction of sp³-hybridized carbons (Fsp3) is 0. The number of phenols is 8. The number of nitrogens with zero attached hydrogens (tertiary/aromatic N) is 4. The number of thiophene rings is 1. The molecule has 11 aromatic rings. The molecular weight excluding hydrogens is 773 g/mol. The number of furan rings is 1. The van der Waals surface area contributed by atoms with Crippen molar-refractivity contribution in [1.29, 1.82) is 0 Å². The molecule has 8 N–H and O–H groups in total. The first-order chi connectivity index (χ1) is 28.6. The summed E-state index contributed by atoms with van der Waals surface area (Å²) in [6, 6.07) is 33.9. The van der Waals surface area contributed by atoms with E-state index in [2.05, 4.69) is 0 Å². The molecule has 4 aromatic heterocycles. The van der Waals surface area contributed by atoms with Gasteiger partial charge in [-0.3, -0.25) is 0 Å². The lowest BCUT2D eigenvalue weighted by atomic mass is 10.0.